The molecule has 1 heterocycles. The first-order valence-corrected chi connectivity index (χ1v) is 9.73. The Kier molecular flexibility index (Phi) is 6.75. The van der Waals surface area contributed by atoms with Crippen molar-refractivity contribution in [1.29, 1.82) is 0 Å². The molecule has 6 heteroatoms. The molecule has 0 saturated heterocycles. The first-order chi connectivity index (χ1) is 13.6. The molecule has 0 aliphatic carbocycles. The minimum atomic E-state index is -0.251. The summed E-state index contributed by atoms with van der Waals surface area (Å²) >= 11 is 0. The quantitative estimate of drug-likeness (QED) is 0.707. The number of methoxy groups -OCH3 is 2. The van der Waals surface area contributed by atoms with Crippen LogP contribution in [-0.4, -0.2) is 50.2 Å². The lowest BCUT2D eigenvalue weighted by Gasteiger charge is -2.30. The number of benzene rings is 2. The van der Waals surface area contributed by atoms with Gasteiger partial charge in [0.2, 0.25) is 0 Å². The number of rotatable bonds is 7. The van der Waals surface area contributed by atoms with Crippen LogP contribution in [0.15, 0.2) is 30.3 Å². The van der Waals surface area contributed by atoms with Gasteiger partial charge in [0.05, 0.1) is 14.2 Å². The van der Waals surface area contributed by atoms with Crippen molar-refractivity contribution in [1.82, 2.24) is 9.80 Å². The summed E-state index contributed by atoms with van der Waals surface area (Å²) < 4.78 is 30.9. The van der Waals surface area contributed by atoms with Crippen LogP contribution in [0.3, 0.4) is 0 Å². The highest BCUT2D eigenvalue weighted by atomic mass is 19.1. The molecule has 0 amide bonds. The van der Waals surface area contributed by atoms with Crippen molar-refractivity contribution in [3.05, 3.63) is 47.3 Å². The number of hydrogen-bond acceptors (Lipinski definition) is 5. The van der Waals surface area contributed by atoms with E-state index in [4.69, 9.17) is 14.2 Å². The summed E-state index contributed by atoms with van der Waals surface area (Å²) in [5.74, 6) is 2.41. The van der Waals surface area contributed by atoms with Crippen LogP contribution in [-0.2, 0) is 13.1 Å². The highest BCUT2D eigenvalue weighted by molar-refractivity contribution is 5.53. The zero-order valence-electron chi connectivity index (χ0n) is 17.1. The Morgan fingerprint density at radius 2 is 1.61 bits per heavy atom. The standard InChI is InChI=1S/C22H29FN2O3/c1-5-24(6-2)9-10-25-14-16-11-18(23)7-8-19(16)28-20-13-22(27-4)21(26-3)12-17(20)15-25/h7-8,11-13H,5-6,9-10,14-15H2,1-4H3. The Labute approximate surface area is 166 Å². The van der Waals surface area contributed by atoms with E-state index in [-0.39, 0.29) is 5.82 Å². The van der Waals surface area contributed by atoms with Gasteiger partial charge in [-0.2, -0.15) is 0 Å². The van der Waals surface area contributed by atoms with Crippen LogP contribution >= 0.6 is 0 Å². The molecule has 0 aromatic heterocycles. The second-order valence-corrected chi connectivity index (χ2v) is 6.91. The smallest absolute Gasteiger partial charge is 0.164 e. The summed E-state index contributed by atoms with van der Waals surface area (Å²) in [6.07, 6.45) is 0. The van der Waals surface area contributed by atoms with Crippen molar-refractivity contribution in [2.45, 2.75) is 26.9 Å². The Bertz CT molecular complexity index is 809. The summed E-state index contributed by atoms with van der Waals surface area (Å²) in [5.41, 5.74) is 1.87. The molecular weight excluding hydrogens is 359 g/mol. The third kappa shape index (κ3) is 4.56. The molecule has 0 atom stereocenters. The number of ether oxygens (including phenoxy) is 3. The molecule has 0 fully saturated rings. The van der Waals surface area contributed by atoms with E-state index in [0.717, 1.165) is 37.3 Å². The molecule has 2 aromatic carbocycles. The Morgan fingerprint density at radius 3 is 2.25 bits per heavy atom. The van der Waals surface area contributed by atoms with Crippen LogP contribution in [0.4, 0.5) is 4.39 Å². The fourth-order valence-electron chi connectivity index (χ4n) is 3.53. The molecule has 0 bridgehead atoms. The third-order valence-corrected chi connectivity index (χ3v) is 5.22. The van der Waals surface area contributed by atoms with Gasteiger partial charge in [0, 0.05) is 43.4 Å². The summed E-state index contributed by atoms with van der Waals surface area (Å²) in [4.78, 5) is 4.71. The lowest BCUT2D eigenvalue weighted by atomic mass is 10.1. The zero-order valence-corrected chi connectivity index (χ0v) is 17.1. The number of likely N-dealkylation sites (N-methyl/N-ethyl adjacent to an activating group) is 1. The van der Waals surface area contributed by atoms with Crippen LogP contribution in [0.2, 0.25) is 0 Å². The van der Waals surface area contributed by atoms with Crippen LogP contribution in [0.1, 0.15) is 25.0 Å². The van der Waals surface area contributed by atoms with E-state index in [1.165, 1.54) is 6.07 Å². The van der Waals surface area contributed by atoms with Crippen molar-refractivity contribution < 1.29 is 18.6 Å². The van der Waals surface area contributed by atoms with Crippen LogP contribution in [0.5, 0.6) is 23.0 Å². The molecule has 1 aliphatic rings. The lowest BCUT2D eigenvalue weighted by molar-refractivity contribution is 0.195. The predicted molar refractivity (Wildman–Crippen MR) is 108 cm³/mol. The fraction of sp³-hybridized carbons (Fsp3) is 0.455. The van der Waals surface area contributed by atoms with Crippen molar-refractivity contribution in [2.24, 2.45) is 0 Å². The van der Waals surface area contributed by atoms with Gasteiger partial charge in [-0.3, -0.25) is 4.90 Å². The third-order valence-electron chi connectivity index (χ3n) is 5.22. The average molecular weight is 388 g/mol. The molecule has 1 aliphatic heterocycles. The first-order valence-electron chi connectivity index (χ1n) is 9.73. The summed E-state index contributed by atoms with van der Waals surface area (Å²) in [5, 5.41) is 0. The van der Waals surface area contributed by atoms with Gasteiger partial charge in [-0.05, 0) is 37.4 Å². The van der Waals surface area contributed by atoms with Crippen molar-refractivity contribution in [2.75, 3.05) is 40.4 Å². The Morgan fingerprint density at radius 1 is 0.964 bits per heavy atom. The van der Waals surface area contributed by atoms with Gasteiger partial charge in [-0.1, -0.05) is 13.8 Å². The van der Waals surface area contributed by atoms with E-state index < -0.39 is 0 Å². The number of nitrogens with zero attached hydrogens (tertiary/aromatic N) is 2. The first kappa shape index (κ1) is 20.4. The van der Waals surface area contributed by atoms with E-state index in [1.807, 2.05) is 12.1 Å². The Hall–Kier alpha value is -2.31. The highest BCUT2D eigenvalue weighted by Gasteiger charge is 2.21. The van der Waals surface area contributed by atoms with E-state index in [0.29, 0.717) is 36.1 Å². The van der Waals surface area contributed by atoms with Crippen molar-refractivity contribution >= 4 is 0 Å². The van der Waals surface area contributed by atoms with E-state index >= 15 is 0 Å². The SMILES string of the molecule is CCN(CC)CCN1Cc2cc(F)ccc2Oc2cc(OC)c(OC)cc2C1. The maximum absolute atomic E-state index is 13.9. The topological polar surface area (TPSA) is 34.2 Å². The zero-order chi connectivity index (χ0) is 20.1. The lowest BCUT2D eigenvalue weighted by Crippen LogP contribution is -2.35. The number of hydrogen-bond donors (Lipinski definition) is 0. The van der Waals surface area contributed by atoms with Crippen LogP contribution in [0, 0.1) is 5.82 Å². The molecule has 0 radical (unpaired) electrons. The van der Waals surface area contributed by atoms with Gasteiger partial charge in [0.1, 0.15) is 17.3 Å². The molecule has 28 heavy (non-hydrogen) atoms. The summed E-state index contributed by atoms with van der Waals surface area (Å²) in [6, 6.07) is 8.49. The molecule has 5 nitrogen and oxygen atoms in total. The second kappa shape index (κ2) is 9.26. The van der Waals surface area contributed by atoms with Crippen molar-refractivity contribution in [3.8, 4) is 23.0 Å². The fourth-order valence-corrected chi connectivity index (χ4v) is 3.53. The van der Waals surface area contributed by atoms with Gasteiger partial charge in [0.15, 0.2) is 11.5 Å². The van der Waals surface area contributed by atoms with Crippen molar-refractivity contribution in [3.63, 3.8) is 0 Å². The molecule has 152 valence electrons. The summed E-state index contributed by atoms with van der Waals surface area (Å²) in [7, 11) is 3.23. The molecule has 0 unspecified atom stereocenters. The van der Waals surface area contributed by atoms with Gasteiger partial charge < -0.3 is 19.1 Å². The number of halogens is 1. The molecular formula is C22H29FN2O3. The maximum atomic E-state index is 13.9. The van der Waals surface area contributed by atoms with Gasteiger partial charge in [0.25, 0.3) is 0 Å². The molecule has 0 saturated carbocycles. The highest BCUT2D eigenvalue weighted by Crippen LogP contribution is 2.40. The maximum Gasteiger partial charge on any atom is 0.164 e. The summed E-state index contributed by atoms with van der Waals surface area (Å²) in [6.45, 7) is 9.52. The minimum Gasteiger partial charge on any atom is -0.493 e. The van der Waals surface area contributed by atoms with Crippen LogP contribution < -0.4 is 14.2 Å². The van der Waals surface area contributed by atoms with Gasteiger partial charge in [-0.25, -0.2) is 4.39 Å². The van der Waals surface area contributed by atoms with Crippen LogP contribution in [0.25, 0.3) is 0 Å². The van der Waals surface area contributed by atoms with E-state index in [1.54, 1.807) is 26.4 Å². The largest absolute Gasteiger partial charge is 0.493 e. The second-order valence-electron chi connectivity index (χ2n) is 6.91. The molecule has 2 aromatic rings. The van der Waals surface area contributed by atoms with E-state index in [9.17, 15) is 4.39 Å². The monoisotopic (exact) mass is 388 g/mol. The van der Waals surface area contributed by atoms with Gasteiger partial charge in [-0.15, -0.1) is 0 Å². The molecule has 3 rings (SSSR count). The Balaban J connectivity index is 1.98. The van der Waals surface area contributed by atoms with Gasteiger partial charge >= 0.3 is 0 Å². The normalized spacial score (nSPS) is 13.9. The minimum absolute atomic E-state index is 0.251. The number of fused-ring (bicyclic) bond motifs is 2. The predicted octanol–water partition coefficient (Wildman–Crippen LogP) is 4.29. The average Bonchev–Trinajstić information content (AvgIpc) is 2.69. The molecule has 0 N–H and O–H groups in total. The molecule has 0 spiro atoms. The van der Waals surface area contributed by atoms with E-state index in [2.05, 4.69) is 23.6 Å².